The monoisotopic (exact) mass is 619 g/mol. The van der Waals surface area contributed by atoms with Crippen LogP contribution in [0.3, 0.4) is 0 Å². The number of hydrazine groups is 1. The highest BCUT2D eigenvalue weighted by molar-refractivity contribution is 14.1. The number of methoxy groups -OCH3 is 1. The molecule has 1 atom stereocenters. The summed E-state index contributed by atoms with van der Waals surface area (Å²) in [6.07, 6.45) is 8.76. The van der Waals surface area contributed by atoms with E-state index in [1.54, 1.807) is 18.4 Å². The van der Waals surface area contributed by atoms with Crippen LogP contribution >= 0.6 is 38.5 Å². The molecule has 2 heterocycles. The van der Waals surface area contributed by atoms with E-state index in [0.717, 1.165) is 64.4 Å². The van der Waals surface area contributed by atoms with Crippen molar-refractivity contribution < 1.29 is 4.74 Å². The molecular weight excluding hydrogens is 593 g/mol. The van der Waals surface area contributed by atoms with Crippen LogP contribution in [0.5, 0.6) is 5.75 Å². The topological polar surface area (TPSA) is 68.7 Å². The Morgan fingerprint density at radius 3 is 2.76 bits per heavy atom. The predicted molar refractivity (Wildman–Crippen MR) is 146 cm³/mol. The summed E-state index contributed by atoms with van der Waals surface area (Å²) in [5.41, 5.74) is 5.38. The number of aromatic nitrogens is 2. The molecule has 172 valence electrons. The molecule has 0 amide bonds. The third-order valence-electron chi connectivity index (χ3n) is 5.52. The van der Waals surface area contributed by atoms with E-state index in [-0.39, 0.29) is 4.05 Å². The molecule has 1 aliphatic heterocycles. The molecule has 8 heteroatoms. The van der Waals surface area contributed by atoms with E-state index in [1.165, 1.54) is 5.56 Å². The van der Waals surface area contributed by atoms with E-state index in [2.05, 4.69) is 86.0 Å². The van der Waals surface area contributed by atoms with Gasteiger partial charge in [0, 0.05) is 23.6 Å². The number of rotatable bonds is 6. The lowest BCUT2D eigenvalue weighted by Crippen LogP contribution is -2.42. The van der Waals surface area contributed by atoms with Gasteiger partial charge in [-0.3, -0.25) is 10.0 Å². The summed E-state index contributed by atoms with van der Waals surface area (Å²) < 4.78 is 8.83. The van der Waals surface area contributed by atoms with Gasteiger partial charge in [-0.2, -0.15) is 0 Å². The Hall–Kier alpha value is -2.17. The molecule has 1 unspecified atom stereocenters. The van der Waals surface area contributed by atoms with E-state index in [4.69, 9.17) is 15.6 Å². The zero-order valence-corrected chi connectivity index (χ0v) is 22.5. The zero-order valence-electron chi connectivity index (χ0n) is 18.7. The van der Waals surface area contributed by atoms with E-state index in [1.807, 2.05) is 23.8 Å². The molecule has 1 aliphatic rings. The number of ether oxygens (including phenoxy) is 1. The summed E-state index contributed by atoms with van der Waals surface area (Å²) >= 11 is 5.89. The fourth-order valence-corrected chi connectivity index (χ4v) is 4.92. The summed E-state index contributed by atoms with van der Waals surface area (Å²) in [6, 6.07) is 14.6. The highest BCUT2D eigenvalue weighted by Gasteiger charge is 2.20. The molecule has 0 spiro atoms. The van der Waals surface area contributed by atoms with Crippen molar-refractivity contribution in [1.29, 1.82) is 0 Å². The van der Waals surface area contributed by atoms with E-state index < -0.39 is 0 Å². The molecule has 2 aromatic carbocycles. The number of piperidine rings is 1. The summed E-state index contributed by atoms with van der Waals surface area (Å²) in [6.45, 7) is 2.78. The maximum atomic E-state index is 6.36. The third-order valence-corrected chi connectivity index (χ3v) is 6.77. The Balaban J connectivity index is 1.60. The fourth-order valence-electron chi connectivity index (χ4n) is 3.88. The summed E-state index contributed by atoms with van der Waals surface area (Å²) in [4.78, 5) is 9.33. The minimum atomic E-state index is 0.0905. The zero-order chi connectivity index (χ0) is 23.4. The van der Waals surface area contributed by atoms with Crippen molar-refractivity contribution in [1.82, 2.24) is 14.6 Å². The molecule has 0 bridgehead atoms. The van der Waals surface area contributed by atoms with Gasteiger partial charge in [-0.15, -0.1) is 0 Å². The van der Waals surface area contributed by atoms with Gasteiger partial charge >= 0.3 is 0 Å². The van der Waals surface area contributed by atoms with E-state index >= 15 is 0 Å². The van der Waals surface area contributed by atoms with Crippen LogP contribution in [0.15, 0.2) is 70.0 Å². The highest BCUT2D eigenvalue weighted by atomic mass is 127. The molecule has 4 rings (SSSR count). The van der Waals surface area contributed by atoms with Gasteiger partial charge in [0.25, 0.3) is 0 Å². The van der Waals surface area contributed by atoms with Crippen LogP contribution in [-0.2, 0) is 6.42 Å². The Labute approximate surface area is 216 Å². The van der Waals surface area contributed by atoms with Crippen molar-refractivity contribution in [2.24, 2.45) is 10.8 Å². The van der Waals surface area contributed by atoms with Gasteiger partial charge in [-0.1, -0.05) is 56.7 Å². The molecule has 2 N–H and O–H groups in total. The van der Waals surface area contributed by atoms with Gasteiger partial charge in [0.15, 0.2) is 0 Å². The SMILES string of the molecule is COc1cc(/C=C2\CCCN(N)C2=NC(I)Cc2ccc(Br)cc2)ccc1-n1cnc(C)c1. The highest BCUT2D eigenvalue weighted by Crippen LogP contribution is 2.28. The van der Waals surface area contributed by atoms with Crippen LogP contribution in [0.2, 0.25) is 0 Å². The van der Waals surface area contributed by atoms with Crippen LogP contribution in [0.25, 0.3) is 11.8 Å². The summed E-state index contributed by atoms with van der Waals surface area (Å²) in [7, 11) is 1.69. The first-order valence-electron chi connectivity index (χ1n) is 10.8. The molecule has 1 saturated heterocycles. The van der Waals surface area contributed by atoms with Crippen molar-refractivity contribution >= 4 is 50.4 Å². The number of hydrogen-bond donors (Lipinski definition) is 1. The Morgan fingerprint density at radius 2 is 2.06 bits per heavy atom. The van der Waals surface area contributed by atoms with Gasteiger partial charge in [0.05, 0.1) is 24.8 Å². The number of benzene rings is 2. The minimum Gasteiger partial charge on any atom is -0.495 e. The molecular formula is C25H27BrIN5O. The molecule has 0 aliphatic carbocycles. The number of nitrogens with two attached hydrogens (primary N) is 1. The van der Waals surface area contributed by atoms with E-state index in [0.29, 0.717) is 0 Å². The largest absolute Gasteiger partial charge is 0.495 e. The average molecular weight is 620 g/mol. The van der Waals surface area contributed by atoms with Gasteiger partial charge in [-0.25, -0.2) is 10.8 Å². The maximum absolute atomic E-state index is 6.36. The number of amidine groups is 1. The first-order valence-corrected chi connectivity index (χ1v) is 12.9. The normalized spacial score (nSPS) is 17.5. The molecule has 0 radical (unpaired) electrons. The van der Waals surface area contributed by atoms with Gasteiger partial charge in [-0.05, 0) is 66.8 Å². The number of hydrogen-bond acceptors (Lipinski definition) is 4. The summed E-state index contributed by atoms with van der Waals surface area (Å²) in [5.74, 6) is 8.02. The number of aryl methyl sites for hydroxylation is 1. The molecule has 6 nitrogen and oxygen atoms in total. The molecule has 1 aromatic heterocycles. The predicted octanol–water partition coefficient (Wildman–Crippen LogP) is 5.71. The average Bonchev–Trinajstić information content (AvgIpc) is 3.23. The first-order chi connectivity index (χ1) is 15.9. The van der Waals surface area contributed by atoms with Crippen molar-refractivity contribution in [2.45, 2.75) is 30.2 Å². The maximum Gasteiger partial charge on any atom is 0.143 e. The van der Waals surface area contributed by atoms with Gasteiger partial charge < -0.3 is 9.30 Å². The van der Waals surface area contributed by atoms with Crippen molar-refractivity contribution in [2.75, 3.05) is 13.7 Å². The molecule has 3 aromatic rings. The molecule has 33 heavy (non-hydrogen) atoms. The standard InChI is InChI=1S/C25H27BrIN5O/c1-17-15-31(16-29-17)22-10-7-19(13-23(22)33-2)12-20-4-3-11-32(28)25(20)30-24(27)14-18-5-8-21(26)9-6-18/h5-10,12-13,15-16,24H,3-4,11,14,28H2,1-2H3/b20-12+,30-25?. The van der Waals surface area contributed by atoms with Crippen LogP contribution < -0.4 is 10.6 Å². The van der Waals surface area contributed by atoms with Crippen molar-refractivity contribution in [3.63, 3.8) is 0 Å². The molecule has 0 saturated carbocycles. The fraction of sp³-hybridized carbons (Fsp3) is 0.280. The van der Waals surface area contributed by atoms with Crippen molar-refractivity contribution in [3.05, 3.63) is 81.9 Å². The number of halogens is 2. The third kappa shape index (κ3) is 6.04. The number of alkyl halides is 1. The van der Waals surface area contributed by atoms with Gasteiger partial charge in [0.2, 0.25) is 0 Å². The summed E-state index contributed by atoms with van der Waals surface area (Å²) in [5, 5.41) is 1.78. The number of aliphatic imine (C=N–C) groups is 1. The van der Waals surface area contributed by atoms with Crippen LogP contribution in [0.1, 0.15) is 29.7 Å². The minimum absolute atomic E-state index is 0.0905. The Bertz CT molecular complexity index is 1170. The van der Waals surface area contributed by atoms with Crippen LogP contribution in [0.4, 0.5) is 0 Å². The Morgan fingerprint density at radius 1 is 1.27 bits per heavy atom. The van der Waals surface area contributed by atoms with Gasteiger partial charge in [0.1, 0.15) is 15.6 Å². The van der Waals surface area contributed by atoms with Crippen LogP contribution in [-0.4, -0.2) is 38.1 Å². The smallest absolute Gasteiger partial charge is 0.143 e. The lowest BCUT2D eigenvalue weighted by Gasteiger charge is -2.28. The lowest BCUT2D eigenvalue weighted by atomic mass is 10.0. The number of imidazole rings is 1. The molecule has 1 fully saturated rings. The van der Waals surface area contributed by atoms with Crippen molar-refractivity contribution in [3.8, 4) is 11.4 Å². The lowest BCUT2D eigenvalue weighted by molar-refractivity contribution is 0.407. The second-order valence-electron chi connectivity index (χ2n) is 8.04. The van der Waals surface area contributed by atoms with Crippen LogP contribution in [0, 0.1) is 6.92 Å². The second kappa shape index (κ2) is 10.8. The first kappa shape index (κ1) is 24.0. The Kier molecular flexibility index (Phi) is 7.87. The van der Waals surface area contributed by atoms with E-state index in [9.17, 15) is 0 Å². The number of nitrogens with zero attached hydrogens (tertiary/aromatic N) is 4. The second-order valence-corrected chi connectivity index (χ2v) is 10.4. The quantitative estimate of drug-likeness (QED) is 0.166.